The highest BCUT2D eigenvalue weighted by atomic mass is 32.2. The summed E-state index contributed by atoms with van der Waals surface area (Å²) in [7, 11) is 0. The van der Waals surface area contributed by atoms with Gasteiger partial charge in [0.2, 0.25) is 5.16 Å². The quantitative estimate of drug-likeness (QED) is 0.491. The average molecular weight is 188 g/mol. The molecule has 0 amide bonds. The Bertz CT molecular complexity index is 274. The first kappa shape index (κ1) is 8.85. The van der Waals surface area contributed by atoms with Gasteiger partial charge in [0.1, 0.15) is 6.33 Å². The molecule has 0 fully saturated rings. The lowest BCUT2D eigenvalue weighted by molar-refractivity contribution is -0.136. The molecule has 0 unspecified atom stereocenters. The first-order chi connectivity index (χ1) is 5.70. The monoisotopic (exact) mass is 188 g/mol. The third kappa shape index (κ3) is 2.42. The molecule has 66 valence electrons. The van der Waals surface area contributed by atoms with Crippen LogP contribution >= 0.6 is 11.8 Å². The van der Waals surface area contributed by atoms with E-state index in [9.17, 15) is 4.79 Å². The first-order valence-corrected chi connectivity index (χ1v) is 4.18. The van der Waals surface area contributed by atoms with E-state index in [1.165, 1.54) is 22.8 Å². The third-order valence-electron chi connectivity index (χ3n) is 1.09. The number of carboxylic acids is 1. The summed E-state index contributed by atoms with van der Waals surface area (Å²) in [5.74, 6) is 5.00. The molecule has 0 spiro atoms. The van der Waals surface area contributed by atoms with Crippen molar-refractivity contribution in [2.24, 2.45) is 0 Å². The van der Waals surface area contributed by atoms with Gasteiger partial charge in [-0.15, -0.1) is 10.2 Å². The highest BCUT2D eigenvalue weighted by Crippen LogP contribution is 2.12. The fraction of sp³-hybridized carbons (Fsp3) is 0.400. The lowest BCUT2D eigenvalue weighted by atomic mass is 10.5. The second-order valence-corrected chi connectivity index (χ2v) is 3.08. The topological polar surface area (TPSA) is 94.0 Å². The average Bonchev–Trinajstić information content (AvgIpc) is 2.36. The van der Waals surface area contributed by atoms with E-state index in [2.05, 4.69) is 10.2 Å². The summed E-state index contributed by atoms with van der Waals surface area (Å²) in [5.41, 5.74) is 0. The minimum absolute atomic E-state index is 0.0948. The smallest absolute Gasteiger partial charge is 0.304 e. The lowest BCUT2D eigenvalue weighted by Gasteiger charge is -1.96. The second-order valence-electron chi connectivity index (χ2n) is 2.01. The molecule has 0 atom stereocenters. The van der Waals surface area contributed by atoms with Crippen LogP contribution in [0.25, 0.3) is 0 Å². The van der Waals surface area contributed by atoms with Crippen molar-refractivity contribution >= 4 is 17.7 Å². The van der Waals surface area contributed by atoms with Crippen LogP contribution in [-0.2, 0) is 4.79 Å². The Labute approximate surface area is 72.7 Å². The summed E-state index contributed by atoms with van der Waals surface area (Å²) in [5, 5.41) is 16.1. The van der Waals surface area contributed by atoms with Crippen LogP contribution < -0.4 is 5.84 Å². The number of nitrogen functional groups attached to an aromatic ring is 1. The SMILES string of the molecule is Nn1cnnc1SCCC(=O)O. The van der Waals surface area contributed by atoms with Gasteiger partial charge in [0.25, 0.3) is 0 Å². The molecule has 1 aromatic rings. The molecular formula is C5H8N4O2S. The van der Waals surface area contributed by atoms with Crippen molar-refractivity contribution in [1.29, 1.82) is 0 Å². The molecule has 0 aliphatic rings. The summed E-state index contributed by atoms with van der Waals surface area (Å²) < 4.78 is 1.26. The van der Waals surface area contributed by atoms with Gasteiger partial charge >= 0.3 is 5.97 Å². The molecule has 1 heterocycles. The number of carboxylic acid groups (broad SMARTS) is 1. The summed E-state index contributed by atoms with van der Waals surface area (Å²) in [6.45, 7) is 0. The molecule has 3 N–H and O–H groups in total. The van der Waals surface area contributed by atoms with Gasteiger partial charge in [-0.25, -0.2) is 4.68 Å². The molecule has 1 rings (SSSR count). The van der Waals surface area contributed by atoms with Crippen molar-refractivity contribution in [3.05, 3.63) is 6.33 Å². The van der Waals surface area contributed by atoms with E-state index < -0.39 is 5.97 Å². The van der Waals surface area contributed by atoms with Gasteiger partial charge in [0.15, 0.2) is 0 Å². The van der Waals surface area contributed by atoms with E-state index in [4.69, 9.17) is 10.9 Å². The minimum Gasteiger partial charge on any atom is -0.481 e. The fourth-order valence-electron chi connectivity index (χ4n) is 0.565. The Morgan fingerprint density at radius 1 is 1.83 bits per heavy atom. The Kier molecular flexibility index (Phi) is 2.92. The molecule has 6 nitrogen and oxygen atoms in total. The molecule has 0 saturated carbocycles. The van der Waals surface area contributed by atoms with Crippen LogP contribution in [-0.4, -0.2) is 31.7 Å². The van der Waals surface area contributed by atoms with Gasteiger partial charge in [-0.2, -0.15) is 0 Å². The number of nitrogens with zero attached hydrogens (tertiary/aromatic N) is 3. The van der Waals surface area contributed by atoms with Crippen molar-refractivity contribution in [2.45, 2.75) is 11.6 Å². The Morgan fingerprint density at radius 3 is 3.08 bits per heavy atom. The fourth-order valence-corrected chi connectivity index (χ4v) is 1.33. The maximum atomic E-state index is 10.1. The number of hydrogen-bond donors (Lipinski definition) is 2. The minimum atomic E-state index is -0.828. The van der Waals surface area contributed by atoms with Crippen molar-refractivity contribution in [3.63, 3.8) is 0 Å². The highest BCUT2D eigenvalue weighted by Gasteiger charge is 2.03. The number of aromatic nitrogens is 3. The predicted molar refractivity (Wildman–Crippen MR) is 43.1 cm³/mol. The standard InChI is InChI=1S/C5H8N4O2S/c6-9-3-7-8-5(9)12-2-1-4(10)11/h3H,1-2,6H2,(H,10,11). The van der Waals surface area contributed by atoms with Crippen LogP contribution in [0.5, 0.6) is 0 Å². The van der Waals surface area contributed by atoms with Crippen LogP contribution in [0.4, 0.5) is 0 Å². The van der Waals surface area contributed by atoms with E-state index >= 15 is 0 Å². The molecule has 0 aliphatic heterocycles. The van der Waals surface area contributed by atoms with Crippen molar-refractivity contribution < 1.29 is 9.90 Å². The van der Waals surface area contributed by atoms with Gasteiger partial charge in [-0.3, -0.25) is 4.79 Å². The maximum absolute atomic E-state index is 10.1. The number of rotatable bonds is 4. The van der Waals surface area contributed by atoms with E-state index in [-0.39, 0.29) is 6.42 Å². The van der Waals surface area contributed by atoms with E-state index in [1.54, 1.807) is 0 Å². The van der Waals surface area contributed by atoms with Gasteiger partial charge < -0.3 is 10.9 Å². The Balaban J connectivity index is 2.33. The molecule has 12 heavy (non-hydrogen) atoms. The Morgan fingerprint density at radius 2 is 2.58 bits per heavy atom. The van der Waals surface area contributed by atoms with Gasteiger partial charge in [0.05, 0.1) is 6.42 Å². The van der Waals surface area contributed by atoms with E-state index in [0.29, 0.717) is 10.9 Å². The molecule has 1 aromatic heterocycles. The van der Waals surface area contributed by atoms with E-state index in [1.807, 2.05) is 0 Å². The molecule has 0 aliphatic carbocycles. The number of carbonyl (C=O) groups is 1. The summed E-state index contributed by atoms with van der Waals surface area (Å²) in [6, 6.07) is 0. The van der Waals surface area contributed by atoms with E-state index in [0.717, 1.165) is 0 Å². The third-order valence-corrected chi connectivity index (χ3v) is 2.05. The zero-order valence-corrected chi connectivity index (χ0v) is 6.99. The normalized spacial score (nSPS) is 10.0. The number of thioether (sulfide) groups is 1. The van der Waals surface area contributed by atoms with Crippen LogP contribution in [0, 0.1) is 0 Å². The lowest BCUT2D eigenvalue weighted by Crippen LogP contribution is -2.08. The number of aliphatic carboxylic acids is 1. The molecule has 0 aromatic carbocycles. The van der Waals surface area contributed by atoms with Gasteiger partial charge in [0, 0.05) is 5.75 Å². The maximum Gasteiger partial charge on any atom is 0.304 e. The summed E-state index contributed by atoms with van der Waals surface area (Å²) >= 11 is 1.27. The van der Waals surface area contributed by atoms with Crippen molar-refractivity contribution in [3.8, 4) is 0 Å². The largest absolute Gasteiger partial charge is 0.481 e. The second kappa shape index (κ2) is 3.96. The molecule has 0 saturated heterocycles. The predicted octanol–water partition coefficient (Wildman–Crippen LogP) is -0.441. The number of nitrogens with two attached hydrogens (primary N) is 1. The van der Waals surface area contributed by atoms with Crippen molar-refractivity contribution in [1.82, 2.24) is 14.9 Å². The van der Waals surface area contributed by atoms with Crippen molar-refractivity contribution in [2.75, 3.05) is 11.6 Å². The molecule has 0 bridgehead atoms. The highest BCUT2D eigenvalue weighted by molar-refractivity contribution is 7.99. The van der Waals surface area contributed by atoms with Gasteiger partial charge in [-0.1, -0.05) is 11.8 Å². The summed E-state index contributed by atoms with van der Waals surface area (Å²) in [4.78, 5) is 10.1. The van der Waals surface area contributed by atoms with Crippen LogP contribution in [0.15, 0.2) is 11.5 Å². The van der Waals surface area contributed by atoms with Crippen LogP contribution in [0.3, 0.4) is 0 Å². The first-order valence-electron chi connectivity index (χ1n) is 3.20. The van der Waals surface area contributed by atoms with Gasteiger partial charge in [-0.05, 0) is 0 Å². The number of hydrogen-bond acceptors (Lipinski definition) is 5. The molecular weight excluding hydrogens is 180 g/mol. The zero-order valence-electron chi connectivity index (χ0n) is 6.17. The van der Waals surface area contributed by atoms with Crippen LogP contribution in [0.2, 0.25) is 0 Å². The van der Waals surface area contributed by atoms with Crippen LogP contribution in [0.1, 0.15) is 6.42 Å². The molecule has 7 heteroatoms. The Hall–Kier alpha value is -1.24. The summed E-state index contributed by atoms with van der Waals surface area (Å²) in [6.07, 6.45) is 1.46. The zero-order chi connectivity index (χ0) is 8.97. The molecule has 0 radical (unpaired) electrons.